The van der Waals surface area contributed by atoms with E-state index in [1.807, 2.05) is 7.05 Å². The summed E-state index contributed by atoms with van der Waals surface area (Å²) in [5, 5.41) is 0. The molecule has 3 nitrogen and oxygen atoms in total. The molecule has 0 spiro atoms. The fourth-order valence-electron chi connectivity index (χ4n) is 2.52. The van der Waals surface area contributed by atoms with Crippen LogP contribution in [0.4, 0.5) is 0 Å². The second-order valence-corrected chi connectivity index (χ2v) is 5.06. The molecule has 0 aromatic heterocycles. The van der Waals surface area contributed by atoms with E-state index in [1.54, 1.807) is 4.90 Å². The topological polar surface area (TPSA) is 46.3 Å². The molecule has 18 heavy (non-hydrogen) atoms. The summed E-state index contributed by atoms with van der Waals surface area (Å²) < 4.78 is 0. The van der Waals surface area contributed by atoms with Gasteiger partial charge in [0.05, 0.1) is 0 Å². The molecule has 1 aliphatic rings. The molecule has 1 aliphatic carbocycles. The minimum Gasteiger partial charge on any atom is -0.345 e. The van der Waals surface area contributed by atoms with Gasteiger partial charge in [-0.2, -0.15) is 0 Å². The first-order chi connectivity index (χ1) is 8.70. The number of carbonyl (C=O) groups excluding carboxylic acids is 1. The number of hydrogen-bond donors (Lipinski definition) is 1. The Balaban J connectivity index is 1.88. The molecule has 0 unspecified atom stereocenters. The Bertz CT molecular complexity index is 429. The van der Waals surface area contributed by atoms with Crippen molar-refractivity contribution in [3.63, 3.8) is 0 Å². The number of fused-ring (bicyclic) bond motifs is 1. The lowest BCUT2D eigenvalue weighted by Gasteiger charge is -2.17. The number of benzene rings is 1. The predicted octanol–water partition coefficient (Wildman–Crippen LogP) is 1.52. The Morgan fingerprint density at radius 2 is 2.11 bits per heavy atom. The molecule has 1 aromatic rings. The Labute approximate surface area is 109 Å². The maximum absolute atomic E-state index is 11.6. The fraction of sp³-hybridized carbons (Fsp3) is 0.533. The van der Waals surface area contributed by atoms with Crippen LogP contribution in [0, 0.1) is 0 Å². The third-order valence-electron chi connectivity index (χ3n) is 3.68. The molecule has 0 bridgehead atoms. The van der Waals surface area contributed by atoms with E-state index in [4.69, 9.17) is 5.73 Å². The Morgan fingerprint density at radius 1 is 1.33 bits per heavy atom. The number of nitrogens with zero attached hydrogens (tertiary/aromatic N) is 1. The van der Waals surface area contributed by atoms with Crippen LogP contribution in [0.5, 0.6) is 0 Å². The lowest BCUT2D eigenvalue weighted by atomic mass is 10.0. The van der Waals surface area contributed by atoms with E-state index in [9.17, 15) is 4.79 Å². The van der Waals surface area contributed by atoms with Gasteiger partial charge in [0, 0.05) is 26.6 Å². The highest BCUT2D eigenvalue weighted by Crippen LogP contribution is 2.22. The maximum Gasteiger partial charge on any atom is 0.223 e. The van der Waals surface area contributed by atoms with Crippen LogP contribution in [0.2, 0.25) is 0 Å². The molecule has 0 heterocycles. The van der Waals surface area contributed by atoms with E-state index in [-0.39, 0.29) is 5.91 Å². The minimum absolute atomic E-state index is 0.138. The van der Waals surface area contributed by atoms with Crippen molar-refractivity contribution in [2.45, 2.75) is 32.1 Å². The van der Waals surface area contributed by atoms with Gasteiger partial charge in [0.2, 0.25) is 5.91 Å². The second-order valence-electron chi connectivity index (χ2n) is 5.06. The van der Waals surface area contributed by atoms with Crippen LogP contribution in [0.3, 0.4) is 0 Å². The zero-order valence-electron chi connectivity index (χ0n) is 11.1. The monoisotopic (exact) mass is 246 g/mol. The molecule has 98 valence electrons. The van der Waals surface area contributed by atoms with Crippen molar-refractivity contribution in [3.8, 4) is 0 Å². The van der Waals surface area contributed by atoms with Gasteiger partial charge >= 0.3 is 0 Å². The van der Waals surface area contributed by atoms with Crippen molar-refractivity contribution in [3.05, 3.63) is 34.9 Å². The van der Waals surface area contributed by atoms with Crippen LogP contribution in [0.1, 0.15) is 29.5 Å². The van der Waals surface area contributed by atoms with Crippen LogP contribution in [-0.4, -0.2) is 30.9 Å². The van der Waals surface area contributed by atoms with E-state index in [0.717, 1.165) is 13.0 Å². The summed E-state index contributed by atoms with van der Waals surface area (Å²) >= 11 is 0. The number of hydrogen-bond acceptors (Lipinski definition) is 2. The molecule has 0 saturated carbocycles. The Hall–Kier alpha value is -1.35. The lowest BCUT2D eigenvalue weighted by Crippen LogP contribution is -2.30. The molecule has 2 rings (SSSR count). The van der Waals surface area contributed by atoms with Gasteiger partial charge in [-0.15, -0.1) is 0 Å². The third kappa shape index (κ3) is 3.10. The number of nitrogens with two attached hydrogens (primary N) is 1. The summed E-state index contributed by atoms with van der Waals surface area (Å²) in [6.45, 7) is 1.21. The zero-order chi connectivity index (χ0) is 13.0. The SMILES string of the molecule is CN(CCc1ccc2c(c1)CCC2)C(=O)CCN. The smallest absolute Gasteiger partial charge is 0.223 e. The number of rotatable bonds is 5. The molecule has 0 fully saturated rings. The van der Waals surface area contributed by atoms with Gasteiger partial charge in [0.15, 0.2) is 0 Å². The first-order valence-corrected chi connectivity index (χ1v) is 6.75. The number of carbonyl (C=O) groups is 1. The van der Waals surface area contributed by atoms with Crippen molar-refractivity contribution in [1.82, 2.24) is 4.90 Å². The summed E-state index contributed by atoms with van der Waals surface area (Å²) in [6.07, 6.45) is 5.10. The van der Waals surface area contributed by atoms with Crippen LogP contribution in [-0.2, 0) is 24.1 Å². The van der Waals surface area contributed by atoms with E-state index >= 15 is 0 Å². The Kier molecular flexibility index (Phi) is 4.37. The second kappa shape index (κ2) is 6.01. The van der Waals surface area contributed by atoms with Gasteiger partial charge < -0.3 is 10.6 Å². The number of amides is 1. The third-order valence-corrected chi connectivity index (χ3v) is 3.68. The van der Waals surface area contributed by atoms with E-state index < -0.39 is 0 Å². The van der Waals surface area contributed by atoms with E-state index in [2.05, 4.69) is 18.2 Å². The average Bonchev–Trinajstić information content (AvgIpc) is 2.83. The average molecular weight is 246 g/mol. The molecular weight excluding hydrogens is 224 g/mol. The molecule has 1 aromatic carbocycles. The van der Waals surface area contributed by atoms with Gasteiger partial charge in [-0.25, -0.2) is 0 Å². The quantitative estimate of drug-likeness (QED) is 0.856. The first kappa shape index (κ1) is 13.1. The maximum atomic E-state index is 11.6. The molecule has 0 atom stereocenters. The summed E-state index contributed by atoms with van der Waals surface area (Å²) in [5.74, 6) is 0.138. The lowest BCUT2D eigenvalue weighted by molar-refractivity contribution is -0.129. The number of likely N-dealkylation sites (N-methyl/N-ethyl adjacent to an activating group) is 1. The highest BCUT2D eigenvalue weighted by atomic mass is 16.2. The predicted molar refractivity (Wildman–Crippen MR) is 73.5 cm³/mol. The van der Waals surface area contributed by atoms with Crippen molar-refractivity contribution in [1.29, 1.82) is 0 Å². The highest BCUT2D eigenvalue weighted by Gasteiger charge is 2.12. The van der Waals surface area contributed by atoms with Crippen molar-refractivity contribution in [2.24, 2.45) is 5.73 Å². The summed E-state index contributed by atoms with van der Waals surface area (Å²) in [4.78, 5) is 13.4. The minimum atomic E-state index is 0.138. The summed E-state index contributed by atoms with van der Waals surface area (Å²) in [5.41, 5.74) is 9.73. The van der Waals surface area contributed by atoms with Crippen LogP contribution in [0.15, 0.2) is 18.2 Å². The molecule has 1 amide bonds. The van der Waals surface area contributed by atoms with E-state index in [1.165, 1.54) is 36.0 Å². The molecule has 3 heteroatoms. The van der Waals surface area contributed by atoms with Crippen molar-refractivity contribution >= 4 is 5.91 Å². The van der Waals surface area contributed by atoms with E-state index in [0.29, 0.717) is 13.0 Å². The normalized spacial score (nSPS) is 13.4. The molecule has 0 aliphatic heterocycles. The van der Waals surface area contributed by atoms with Gasteiger partial charge in [0.25, 0.3) is 0 Å². The van der Waals surface area contributed by atoms with Crippen LogP contribution in [0.25, 0.3) is 0 Å². The Morgan fingerprint density at radius 3 is 2.89 bits per heavy atom. The molecular formula is C15H22N2O. The van der Waals surface area contributed by atoms with Crippen molar-refractivity contribution in [2.75, 3.05) is 20.1 Å². The van der Waals surface area contributed by atoms with Gasteiger partial charge in [-0.3, -0.25) is 4.79 Å². The van der Waals surface area contributed by atoms with Gasteiger partial charge in [-0.1, -0.05) is 18.2 Å². The van der Waals surface area contributed by atoms with Crippen molar-refractivity contribution < 1.29 is 4.79 Å². The number of aryl methyl sites for hydroxylation is 2. The highest BCUT2D eigenvalue weighted by molar-refractivity contribution is 5.76. The first-order valence-electron chi connectivity index (χ1n) is 6.75. The molecule has 0 saturated heterocycles. The summed E-state index contributed by atoms with van der Waals surface area (Å²) in [7, 11) is 1.85. The molecule has 2 N–H and O–H groups in total. The largest absolute Gasteiger partial charge is 0.345 e. The van der Waals surface area contributed by atoms with Crippen LogP contribution >= 0.6 is 0 Å². The van der Waals surface area contributed by atoms with Gasteiger partial charge in [0.1, 0.15) is 0 Å². The summed E-state index contributed by atoms with van der Waals surface area (Å²) in [6, 6.07) is 6.76. The fourth-order valence-corrected chi connectivity index (χ4v) is 2.52. The molecule has 0 radical (unpaired) electrons. The standard InChI is InChI=1S/C15H22N2O/c1-17(15(18)7-9-16)10-8-12-5-6-13-3-2-4-14(13)11-12/h5-6,11H,2-4,7-10,16H2,1H3. The van der Waals surface area contributed by atoms with Gasteiger partial charge in [-0.05, 0) is 42.4 Å². The zero-order valence-corrected chi connectivity index (χ0v) is 11.1. The van der Waals surface area contributed by atoms with Crippen LogP contribution < -0.4 is 5.73 Å².